The first-order valence-electron chi connectivity index (χ1n) is 5.33. The highest BCUT2D eigenvalue weighted by Crippen LogP contribution is 2.32. The van der Waals surface area contributed by atoms with Crippen LogP contribution in [-0.4, -0.2) is 19.2 Å². The van der Waals surface area contributed by atoms with Crippen LogP contribution in [0.3, 0.4) is 0 Å². The van der Waals surface area contributed by atoms with Gasteiger partial charge in [0.15, 0.2) is 18.2 Å². The summed E-state index contributed by atoms with van der Waals surface area (Å²) in [6.07, 6.45) is 0. The van der Waals surface area contributed by atoms with Gasteiger partial charge in [0.25, 0.3) is 0 Å². The van der Waals surface area contributed by atoms with Crippen LogP contribution in [0.2, 0.25) is 5.02 Å². The number of hydrogen-bond acceptors (Lipinski definition) is 3. The van der Waals surface area contributed by atoms with E-state index in [-0.39, 0.29) is 29.9 Å². The van der Waals surface area contributed by atoms with E-state index in [2.05, 4.69) is 4.74 Å². The minimum Gasteiger partial charge on any atom is -0.479 e. The molecule has 1 aromatic rings. The van der Waals surface area contributed by atoms with Crippen LogP contribution in [0.4, 0.5) is 4.39 Å². The Bertz CT molecular complexity index is 449. The Hall–Kier alpha value is -1.000. The fourth-order valence-electron chi connectivity index (χ4n) is 1.37. The lowest BCUT2D eigenvalue weighted by molar-refractivity contribution is -0.145. The van der Waals surface area contributed by atoms with E-state index in [1.54, 1.807) is 13.8 Å². The minimum absolute atomic E-state index is 0.0798. The zero-order valence-corrected chi connectivity index (χ0v) is 11.6. The van der Waals surface area contributed by atoms with Crippen LogP contribution in [0.15, 0.2) is 6.07 Å². The van der Waals surface area contributed by atoms with Gasteiger partial charge in [0.2, 0.25) is 0 Å². The van der Waals surface area contributed by atoms with E-state index in [0.29, 0.717) is 11.1 Å². The second kappa shape index (κ2) is 6.81. The molecule has 0 aliphatic rings. The summed E-state index contributed by atoms with van der Waals surface area (Å²) < 4.78 is 23.5. The van der Waals surface area contributed by atoms with Gasteiger partial charge in [-0.25, -0.2) is 9.18 Å². The van der Waals surface area contributed by atoms with Gasteiger partial charge in [0, 0.05) is 5.88 Å². The quantitative estimate of drug-likeness (QED) is 0.616. The second-order valence-corrected chi connectivity index (χ2v) is 4.17. The highest BCUT2D eigenvalue weighted by atomic mass is 35.5. The average Bonchev–Trinajstić information content (AvgIpc) is 2.33. The van der Waals surface area contributed by atoms with Crippen LogP contribution in [0.5, 0.6) is 5.75 Å². The van der Waals surface area contributed by atoms with Gasteiger partial charge in [-0.05, 0) is 31.0 Å². The molecule has 0 heterocycles. The number of ether oxygens (including phenoxy) is 2. The highest BCUT2D eigenvalue weighted by Gasteiger charge is 2.16. The molecule has 0 aliphatic carbocycles. The molecule has 0 amide bonds. The van der Waals surface area contributed by atoms with Gasteiger partial charge in [-0.1, -0.05) is 11.6 Å². The van der Waals surface area contributed by atoms with E-state index in [4.69, 9.17) is 27.9 Å². The Morgan fingerprint density at radius 3 is 2.72 bits per heavy atom. The van der Waals surface area contributed by atoms with Crippen LogP contribution in [-0.2, 0) is 15.4 Å². The van der Waals surface area contributed by atoms with Gasteiger partial charge >= 0.3 is 5.97 Å². The van der Waals surface area contributed by atoms with Crippen molar-refractivity contribution in [3.63, 3.8) is 0 Å². The van der Waals surface area contributed by atoms with Gasteiger partial charge < -0.3 is 9.47 Å². The van der Waals surface area contributed by atoms with E-state index >= 15 is 0 Å². The highest BCUT2D eigenvalue weighted by molar-refractivity contribution is 6.32. The van der Waals surface area contributed by atoms with Gasteiger partial charge in [0.1, 0.15) is 0 Å². The molecular weight excluding hydrogens is 282 g/mol. The summed E-state index contributed by atoms with van der Waals surface area (Å²) in [5, 5.41) is -0.0798. The van der Waals surface area contributed by atoms with Crippen molar-refractivity contribution in [2.75, 3.05) is 13.2 Å². The van der Waals surface area contributed by atoms with Crippen molar-refractivity contribution < 1.29 is 18.7 Å². The van der Waals surface area contributed by atoms with Crippen LogP contribution in [0.25, 0.3) is 0 Å². The molecule has 0 fully saturated rings. The Labute approximate surface area is 115 Å². The van der Waals surface area contributed by atoms with Gasteiger partial charge in [0.05, 0.1) is 11.6 Å². The van der Waals surface area contributed by atoms with Crippen molar-refractivity contribution in [3.05, 3.63) is 28.0 Å². The molecule has 0 spiro atoms. The van der Waals surface area contributed by atoms with Crippen LogP contribution >= 0.6 is 23.2 Å². The third kappa shape index (κ3) is 3.50. The fraction of sp³-hybridized carbons (Fsp3) is 0.417. The molecule has 0 radical (unpaired) electrons. The normalized spacial score (nSPS) is 10.3. The molecule has 1 rings (SSSR count). The van der Waals surface area contributed by atoms with E-state index in [0.717, 1.165) is 0 Å². The fourth-order valence-corrected chi connectivity index (χ4v) is 2.09. The summed E-state index contributed by atoms with van der Waals surface area (Å²) in [7, 11) is 0. The average molecular weight is 295 g/mol. The number of carbonyl (C=O) groups is 1. The van der Waals surface area contributed by atoms with Crippen LogP contribution in [0.1, 0.15) is 18.1 Å². The lowest BCUT2D eigenvalue weighted by Crippen LogP contribution is -2.15. The second-order valence-electron chi connectivity index (χ2n) is 3.53. The molecule has 3 nitrogen and oxygen atoms in total. The lowest BCUT2D eigenvalue weighted by Gasteiger charge is -2.12. The van der Waals surface area contributed by atoms with Gasteiger partial charge in [-0.15, -0.1) is 11.6 Å². The summed E-state index contributed by atoms with van der Waals surface area (Å²) in [5.41, 5.74) is 1.22. The maximum Gasteiger partial charge on any atom is 0.344 e. The third-order valence-electron chi connectivity index (χ3n) is 2.28. The number of halogens is 3. The summed E-state index contributed by atoms with van der Waals surface area (Å²) in [6.45, 7) is 3.30. The smallest absolute Gasteiger partial charge is 0.344 e. The molecule has 0 atom stereocenters. The van der Waals surface area contributed by atoms with E-state index < -0.39 is 11.8 Å². The molecule has 0 saturated heterocycles. The zero-order valence-electron chi connectivity index (χ0n) is 10.1. The number of esters is 1. The SMILES string of the molecule is CCOC(=O)COc1cc(C)c(CCl)c(Cl)c1F. The first-order valence-corrected chi connectivity index (χ1v) is 6.24. The minimum atomic E-state index is -0.720. The van der Waals surface area contributed by atoms with Gasteiger partial charge in [-0.2, -0.15) is 0 Å². The van der Waals surface area contributed by atoms with Gasteiger partial charge in [-0.3, -0.25) is 0 Å². The van der Waals surface area contributed by atoms with Crippen LogP contribution in [0, 0.1) is 12.7 Å². The molecule has 6 heteroatoms. The monoisotopic (exact) mass is 294 g/mol. The van der Waals surface area contributed by atoms with Crippen molar-refractivity contribution in [1.82, 2.24) is 0 Å². The molecule has 0 saturated carbocycles. The molecule has 0 N–H and O–H groups in total. The van der Waals surface area contributed by atoms with Crippen molar-refractivity contribution in [1.29, 1.82) is 0 Å². The first kappa shape index (κ1) is 15.1. The topological polar surface area (TPSA) is 35.5 Å². The Balaban J connectivity index is 2.88. The largest absolute Gasteiger partial charge is 0.479 e. The Kier molecular flexibility index (Phi) is 5.69. The third-order valence-corrected chi connectivity index (χ3v) is 2.94. The van der Waals surface area contributed by atoms with Crippen molar-refractivity contribution in [2.45, 2.75) is 19.7 Å². The molecule has 0 aromatic heterocycles. The van der Waals surface area contributed by atoms with E-state index in [1.807, 2.05) is 0 Å². The van der Waals surface area contributed by atoms with Crippen molar-refractivity contribution >= 4 is 29.2 Å². The number of carbonyl (C=O) groups excluding carboxylic acids is 1. The molecule has 0 bridgehead atoms. The number of alkyl halides is 1. The number of aryl methyl sites for hydroxylation is 1. The Morgan fingerprint density at radius 1 is 1.50 bits per heavy atom. The maximum atomic E-state index is 13.8. The Morgan fingerprint density at radius 2 is 2.17 bits per heavy atom. The zero-order chi connectivity index (χ0) is 13.7. The summed E-state index contributed by atoms with van der Waals surface area (Å²) in [5.74, 6) is -1.26. The number of benzene rings is 1. The summed E-state index contributed by atoms with van der Waals surface area (Å²) in [4.78, 5) is 11.1. The summed E-state index contributed by atoms with van der Waals surface area (Å²) in [6, 6.07) is 1.46. The standard InChI is InChI=1S/C12H13Cl2FO3/c1-3-17-10(16)6-18-9-4-7(2)8(5-13)11(14)12(9)15/h4H,3,5-6H2,1-2H3. The molecule has 1 aromatic carbocycles. The van der Waals surface area contributed by atoms with E-state index in [1.165, 1.54) is 6.07 Å². The predicted molar refractivity (Wildman–Crippen MR) is 67.8 cm³/mol. The molecule has 18 heavy (non-hydrogen) atoms. The van der Waals surface area contributed by atoms with Crippen LogP contribution < -0.4 is 4.74 Å². The first-order chi connectivity index (χ1) is 8.51. The maximum absolute atomic E-state index is 13.8. The predicted octanol–water partition coefficient (Wildman–Crippen LogP) is 3.47. The molecule has 100 valence electrons. The van der Waals surface area contributed by atoms with Crippen molar-refractivity contribution in [3.8, 4) is 5.75 Å². The molecule has 0 unspecified atom stereocenters. The molecule has 0 aliphatic heterocycles. The summed E-state index contributed by atoms with van der Waals surface area (Å²) >= 11 is 11.5. The number of rotatable bonds is 5. The lowest BCUT2D eigenvalue weighted by atomic mass is 10.1. The van der Waals surface area contributed by atoms with E-state index in [9.17, 15) is 9.18 Å². The molecular formula is C12H13Cl2FO3. The van der Waals surface area contributed by atoms with Crippen molar-refractivity contribution in [2.24, 2.45) is 0 Å². The number of hydrogen-bond donors (Lipinski definition) is 0.